The Balaban J connectivity index is 1.46. The van der Waals surface area contributed by atoms with E-state index in [-0.39, 0.29) is 12.1 Å². The van der Waals surface area contributed by atoms with Gasteiger partial charge in [-0.05, 0) is 36.0 Å². The average Bonchev–Trinajstić information content (AvgIpc) is 3.48. The molecule has 130 valence electrons. The Morgan fingerprint density at radius 3 is 2.60 bits per heavy atom. The van der Waals surface area contributed by atoms with E-state index in [4.69, 9.17) is 4.74 Å². The molecule has 0 saturated heterocycles. The topological polar surface area (TPSA) is 50.4 Å². The number of benzene rings is 2. The third-order valence-electron chi connectivity index (χ3n) is 5.33. The number of para-hydroxylation sites is 1. The van der Waals surface area contributed by atoms with Crippen LogP contribution in [-0.4, -0.2) is 12.1 Å². The highest BCUT2D eigenvalue weighted by Gasteiger charge is 2.42. The molecular weight excluding hydrogens is 312 g/mol. The van der Waals surface area contributed by atoms with Gasteiger partial charge in [0.05, 0.1) is 6.04 Å². The van der Waals surface area contributed by atoms with E-state index in [1.54, 1.807) is 0 Å². The molecule has 2 unspecified atom stereocenters. The second-order valence-corrected chi connectivity index (χ2v) is 7.14. The fourth-order valence-electron chi connectivity index (χ4n) is 3.80. The summed E-state index contributed by atoms with van der Waals surface area (Å²) in [5.41, 5.74) is 3.27. The molecule has 1 fully saturated rings. The van der Waals surface area contributed by atoms with Crippen molar-refractivity contribution in [2.24, 2.45) is 11.8 Å². The maximum absolute atomic E-state index is 12.4. The summed E-state index contributed by atoms with van der Waals surface area (Å²) in [6, 6.07) is 18.4. The van der Waals surface area contributed by atoms with E-state index in [0.717, 1.165) is 16.8 Å². The van der Waals surface area contributed by atoms with Crippen LogP contribution in [0.5, 0.6) is 0 Å². The zero-order chi connectivity index (χ0) is 17.2. The number of rotatable bonds is 4. The van der Waals surface area contributed by atoms with Gasteiger partial charge in [0.25, 0.3) is 0 Å². The molecule has 4 nitrogen and oxygen atoms in total. The zero-order valence-corrected chi connectivity index (χ0v) is 14.4. The van der Waals surface area contributed by atoms with Crippen molar-refractivity contribution in [1.82, 2.24) is 5.32 Å². The van der Waals surface area contributed by atoms with Crippen molar-refractivity contribution in [3.05, 3.63) is 65.7 Å². The zero-order valence-electron chi connectivity index (χ0n) is 14.4. The van der Waals surface area contributed by atoms with Gasteiger partial charge < -0.3 is 15.4 Å². The number of carbonyl (C=O) groups is 1. The van der Waals surface area contributed by atoms with Crippen molar-refractivity contribution in [2.45, 2.75) is 38.5 Å². The molecule has 2 aromatic rings. The highest BCUT2D eigenvalue weighted by molar-refractivity contribution is 5.69. The first kappa shape index (κ1) is 16.0. The highest BCUT2D eigenvalue weighted by atomic mass is 16.5. The Morgan fingerprint density at radius 2 is 1.84 bits per heavy atom. The van der Waals surface area contributed by atoms with E-state index in [1.807, 2.05) is 42.5 Å². The maximum atomic E-state index is 12.4. The average molecular weight is 336 g/mol. The Labute approximate surface area is 148 Å². The molecule has 1 aliphatic heterocycles. The van der Waals surface area contributed by atoms with Gasteiger partial charge in [-0.2, -0.15) is 0 Å². The Hall–Kier alpha value is -2.49. The number of fused-ring (bicyclic) bond motifs is 1. The Morgan fingerprint density at radius 1 is 1.12 bits per heavy atom. The fraction of sp³-hybridized carbons (Fsp3) is 0.381. The van der Waals surface area contributed by atoms with Crippen LogP contribution in [0.2, 0.25) is 0 Å². The largest absolute Gasteiger partial charge is 0.445 e. The summed E-state index contributed by atoms with van der Waals surface area (Å²) in [6.45, 7) is 2.51. The molecule has 2 aromatic carbocycles. The molecule has 1 amide bonds. The minimum absolute atomic E-state index is 0.0219. The summed E-state index contributed by atoms with van der Waals surface area (Å²) in [5.74, 6) is 1.04. The summed E-state index contributed by atoms with van der Waals surface area (Å²) in [5, 5.41) is 6.78. The molecule has 3 atom stereocenters. The summed E-state index contributed by atoms with van der Waals surface area (Å²) < 4.78 is 5.44. The lowest BCUT2D eigenvalue weighted by Gasteiger charge is -2.39. The van der Waals surface area contributed by atoms with E-state index in [2.05, 4.69) is 29.7 Å². The lowest BCUT2D eigenvalue weighted by molar-refractivity contribution is 0.130. The van der Waals surface area contributed by atoms with Crippen LogP contribution >= 0.6 is 0 Å². The molecule has 1 aliphatic carbocycles. The quantitative estimate of drug-likeness (QED) is 0.864. The van der Waals surface area contributed by atoms with E-state index in [9.17, 15) is 4.79 Å². The monoisotopic (exact) mass is 336 g/mol. The molecule has 1 heterocycles. The first-order valence-electron chi connectivity index (χ1n) is 9.05. The molecule has 2 aliphatic rings. The van der Waals surface area contributed by atoms with Crippen LogP contribution in [-0.2, 0) is 11.3 Å². The van der Waals surface area contributed by atoms with Crippen molar-refractivity contribution >= 4 is 11.8 Å². The van der Waals surface area contributed by atoms with Gasteiger partial charge in [-0.1, -0.05) is 55.5 Å². The second kappa shape index (κ2) is 6.79. The molecular formula is C21H24N2O2. The third-order valence-corrected chi connectivity index (χ3v) is 5.33. The number of ether oxygens (including phenoxy) is 1. The lowest BCUT2D eigenvalue weighted by Crippen LogP contribution is -2.45. The molecule has 4 heteroatoms. The van der Waals surface area contributed by atoms with Gasteiger partial charge in [0.2, 0.25) is 0 Å². The van der Waals surface area contributed by atoms with Gasteiger partial charge in [-0.15, -0.1) is 0 Å². The highest BCUT2D eigenvalue weighted by Crippen LogP contribution is 2.45. The molecule has 25 heavy (non-hydrogen) atoms. The first-order valence-corrected chi connectivity index (χ1v) is 9.05. The van der Waals surface area contributed by atoms with Crippen molar-refractivity contribution in [1.29, 1.82) is 0 Å². The van der Waals surface area contributed by atoms with Crippen LogP contribution in [0.15, 0.2) is 54.6 Å². The van der Waals surface area contributed by atoms with E-state index in [1.165, 1.54) is 12.8 Å². The molecule has 2 N–H and O–H groups in total. The minimum atomic E-state index is -0.355. The van der Waals surface area contributed by atoms with Crippen molar-refractivity contribution < 1.29 is 9.53 Å². The van der Waals surface area contributed by atoms with Crippen LogP contribution in [0.4, 0.5) is 10.5 Å². The van der Waals surface area contributed by atoms with Crippen molar-refractivity contribution in [3.8, 4) is 0 Å². The molecule has 0 aromatic heterocycles. The number of amides is 1. The SMILES string of the molecule is C[C@H]1C(NC(=O)OCc2ccccc2)c2ccccc2NC1C1CC1. The summed E-state index contributed by atoms with van der Waals surface area (Å²) in [4.78, 5) is 12.4. The minimum Gasteiger partial charge on any atom is -0.445 e. The summed E-state index contributed by atoms with van der Waals surface area (Å²) in [6.07, 6.45) is 2.19. The van der Waals surface area contributed by atoms with Crippen molar-refractivity contribution in [2.75, 3.05) is 5.32 Å². The van der Waals surface area contributed by atoms with Gasteiger partial charge in [0.1, 0.15) is 6.61 Å². The number of anilines is 1. The van der Waals surface area contributed by atoms with Crippen molar-refractivity contribution in [3.63, 3.8) is 0 Å². The van der Waals surface area contributed by atoms with Crippen LogP contribution in [0.1, 0.15) is 36.9 Å². The molecule has 0 spiro atoms. The molecule has 0 radical (unpaired) electrons. The summed E-state index contributed by atoms with van der Waals surface area (Å²) >= 11 is 0. The van der Waals surface area contributed by atoms with Gasteiger partial charge in [0, 0.05) is 17.6 Å². The standard InChI is InChI=1S/C21H24N2O2/c1-14-19(16-11-12-16)22-18-10-6-5-9-17(18)20(14)23-21(24)25-13-15-7-3-2-4-8-15/h2-10,14,16,19-20,22H,11-13H2,1H3,(H,23,24)/t14-,19?,20?/m1/s1. The van der Waals surface area contributed by atoms with E-state index in [0.29, 0.717) is 24.5 Å². The van der Waals surface area contributed by atoms with Crippen LogP contribution in [0.25, 0.3) is 0 Å². The molecule has 0 bridgehead atoms. The van der Waals surface area contributed by atoms with E-state index < -0.39 is 0 Å². The lowest BCUT2D eigenvalue weighted by atomic mass is 9.82. The number of hydrogen-bond donors (Lipinski definition) is 2. The van der Waals surface area contributed by atoms with Gasteiger partial charge >= 0.3 is 6.09 Å². The molecule has 4 rings (SSSR count). The number of nitrogens with one attached hydrogen (secondary N) is 2. The summed E-state index contributed by atoms with van der Waals surface area (Å²) in [7, 11) is 0. The fourth-order valence-corrected chi connectivity index (χ4v) is 3.80. The number of alkyl carbamates (subject to hydrolysis) is 1. The van der Waals surface area contributed by atoms with E-state index >= 15 is 0 Å². The van der Waals surface area contributed by atoms with Gasteiger partial charge in [-0.25, -0.2) is 4.79 Å². The first-order chi connectivity index (χ1) is 12.2. The Kier molecular flexibility index (Phi) is 4.35. The van der Waals surface area contributed by atoms with Crippen LogP contribution < -0.4 is 10.6 Å². The van der Waals surface area contributed by atoms with Crippen LogP contribution in [0.3, 0.4) is 0 Å². The number of carbonyl (C=O) groups excluding carboxylic acids is 1. The molecule has 1 saturated carbocycles. The van der Waals surface area contributed by atoms with Gasteiger partial charge in [-0.3, -0.25) is 0 Å². The predicted octanol–water partition coefficient (Wildman–Crippen LogP) is 4.49. The smallest absolute Gasteiger partial charge is 0.407 e. The third kappa shape index (κ3) is 3.48. The predicted molar refractivity (Wildman–Crippen MR) is 98.2 cm³/mol. The normalized spacial score (nSPS) is 24.8. The Bertz CT molecular complexity index is 743. The van der Waals surface area contributed by atoms with Crippen LogP contribution in [0, 0.1) is 11.8 Å². The maximum Gasteiger partial charge on any atom is 0.407 e. The second-order valence-electron chi connectivity index (χ2n) is 7.14. The number of hydrogen-bond acceptors (Lipinski definition) is 3. The van der Waals surface area contributed by atoms with Gasteiger partial charge in [0.15, 0.2) is 0 Å².